The van der Waals surface area contributed by atoms with Crippen LogP contribution in [0.2, 0.25) is 0 Å². The summed E-state index contributed by atoms with van der Waals surface area (Å²) in [6, 6.07) is 8.25. The van der Waals surface area contributed by atoms with Gasteiger partial charge in [-0.15, -0.1) is 0 Å². The molecule has 0 amide bonds. The van der Waals surface area contributed by atoms with E-state index in [0.29, 0.717) is 23.2 Å². The van der Waals surface area contributed by atoms with Gasteiger partial charge in [-0.2, -0.15) is 0 Å². The second-order valence-corrected chi connectivity index (χ2v) is 7.32. The fraction of sp³-hybridized carbons (Fsp3) is 0.238. The van der Waals surface area contributed by atoms with Crippen LogP contribution < -0.4 is 5.73 Å². The van der Waals surface area contributed by atoms with Crippen LogP contribution in [0, 0.1) is 5.82 Å². The number of aromatic amines is 1. The molecule has 2 aliphatic rings. The number of pyridine rings is 1. The van der Waals surface area contributed by atoms with E-state index in [9.17, 15) is 14.3 Å². The zero-order valence-electron chi connectivity index (χ0n) is 14.5. The lowest BCUT2D eigenvalue weighted by atomic mass is 9.88. The smallest absolute Gasteiger partial charge is 0.337 e. The third kappa shape index (κ3) is 2.56. The molecule has 136 valence electrons. The number of aryl methyl sites for hydroxylation is 1. The van der Waals surface area contributed by atoms with Crippen molar-refractivity contribution in [2.24, 2.45) is 5.73 Å². The molecule has 27 heavy (non-hydrogen) atoms. The Morgan fingerprint density at radius 2 is 2.11 bits per heavy atom. The maximum Gasteiger partial charge on any atom is 0.337 e. The van der Waals surface area contributed by atoms with Crippen LogP contribution in [0.1, 0.15) is 39.5 Å². The van der Waals surface area contributed by atoms with Gasteiger partial charge in [0.1, 0.15) is 5.82 Å². The molecule has 1 aromatic carbocycles. The number of carboxylic acid groups (broad SMARTS) is 1. The molecule has 2 atom stereocenters. The van der Waals surface area contributed by atoms with Crippen LogP contribution in [0.15, 0.2) is 36.5 Å². The maximum absolute atomic E-state index is 13.6. The van der Waals surface area contributed by atoms with Crippen molar-refractivity contribution in [3.63, 3.8) is 0 Å². The summed E-state index contributed by atoms with van der Waals surface area (Å²) in [5, 5.41) is 9.77. The van der Waals surface area contributed by atoms with E-state index in [2.05, 4.69) is 9.97 Å². The average Bonchev–Trinajstić information content (AvgIpc) is 3.24. The molecular formula is C21H18FN3O2. The zero-order valence-corrected chi connectivity index (χ0v) is 14.5. The zero-order chi connectivity index (χ0) is 18.7. The van der Waals surface area contributed by atoms with Gasteiger partial charge in [-0.05, 0) is 48.6 Å². The van der Waals surface area contributed by atoms with Gasteiger partial charge in [0.25, 0.3) is 0 Å². The van der Waals surface area contributed by atoms with Crippen LogP contribution in [-0.4, -0.2) is 27.1 Å². The molecule has 2 unspecified atom stereocenters. The summed E-state index contributed by atoms with van der Waals surface area (Å²) in [7, 11) is 0. The molecule has 0 spiro atoms. The first kappa shape index (κ1) is 16.2. The second kappa shape index (κ2) is 5.76. The maximum atomic E-state index is 13.6. The minimum absolute atomic E-state index is 0.0166. The molecule has 0 radical (unpaired) electrons. The fourth-order valence-electron chi connectivity index (χ4n) is 4.09. The predicted molar refractivity (Wildman–Crippen MR) is 99.1 cm³/mol. The van der Waals surface area contributed by atoms with Crippen LogP contribution in [0.4, 0.5) is 4.39 Å². The van der Waals surface area contributed by atoms with E-state index < -0.39 is 5.97 Å². The van der Waals surface area contributed by atoms with Gasteiger partial charge in [-0.1, -0.05) is 12.1 Å². The fourth-order valence-corrected chi connectivity index (χ4v) is 4.09. The van der Waals surface area contributed by atoms with Crippen LogP contribution in [0.25, 0.3) is 22.5 Å². The van der Waals surface area contributed by atoms with E-state index in [4.69, 9.17) is 5.73 Å². The van der Waals surface area contributed by atoms with Gasteiger partial charge in [0, 0.05) is 35.0 Å². The molecule has 0 saturated heterocycles. The van der Waals surface area contributed by atoms with Gasteiger partial charge in [-0.3, -0.25) is 4.98 Å². The quantitative estimate of drug-likeness (QED) is 0.664. The van der Waals surface area contributed by atoms with Gasteiger partial charge in [0.15, 0.2) is 0 Å². The van der Waals surface area contributed by atoms with E-state index in [0.717, 1.165) is 40.9 Å². The SMILES string of the molecule is NC1CC1c1[nH]c2c(c1C(=O)O)CCc1cnc(-c3cccc(F)c3)cc1-2. The molecular weight excluding hydrogens is 345 g/mol. The molecule has 0 bridgehead atoms. The van der Waals surface area contributed by atoms with Gasteiger partial charge < -0.3 is 15.8 Å². The van der Waals surface area contributed by atoms with Crippen molar-refractivity contribution in [1.82, 2.24) is 9.97 Å². The highest BCUT2D eigenvalue weighted by atomic mass is 19.1. The molecule has 2 aromatic heterocycles. The molecule has 3 aromatic rings. The Kier molecular flexibility index (Phi) is 3.45. The van der Waals surface area contributed by atoms with Crippen molar-refractivity contribution in [2.45, 2.75) is 31.2 Å². The first-order valence-electron chi connectivity index (χ1n) is 9.01. The highest BCUT2D eigenvalue weighted by Crippen LogP contribution is 2.45. The number of aromatic carboxylic acids is 1. The Bertz CT molecular complexity index is 1090. The summed E-state index contributed by atoms with van der Waals surface area (Å²) in [5.74, 6) is -1.15. The summed E-state index contributed by atoms with van der Waals surface area (Å²) in [6.07, 6.45) is 4.00. The average molecular weight is 363 g/mol. The molecule has 2 heterocycles. The predicted octanol–water partition coefficient (Wildman–Crippen LogP) is 3.49. The normalized spacial score (nSPS) is 20.1. The number of nitrogens with one attached hydrogen (secondary N) is 1. The number of rotatable bonds is 3. The number of hydrogen-bond donors (Lipinski definition) is 3. The lowest BCUT2D eigenvalue weighted by molar-refractivity contribution is 0.0694. The minimum Gasteiger partial charge on any atom is -0.478 e. The standard InChI is InChI=1S/C21H18FN3O2/c22-12-3-1-2-10(6-12)17-8-14-11(9-24-17)4-5-13-18(21(26)27)20(25-19(13)14)15-7-16(15)23/h1-3,6,8-9,15-16,25H,4-5,7,23H2,(H,26,27). The van der Waals surface area contributed by atoms with E-state index in [-0.39, 0.29) is 17.8 Å². The van der Waals surface area contributed by atoms with E-state index >= 15 is 0 Å². The van der Waals surface area contributed by atoms with E-state index in [1.165, 1.54) is 12.1 Å². The van der Waals surface area contributed by atoms with Crippen molar-refractivity contribution in [3.05, 3.63) is 64.7 Å². The first-order chi connectivity index (χ1) is 13.0. The lowest BCUT2D eigenvalue weighted by Crippen LogP contribution is -2.09. The largest absolute Gasteiger partial charge is 0.478 e. The summed E-state index contributed by atoms with van der Waals surface area (Å²) in [5.41, 5.74) is 12.1. The Labute approximate surface area is 155 Å². The number of carboxylic acids is 1. The van der Waals surface area contributed by atoms with Gasteiger partial charge in [0.2, 0.25) is 0 Å². The Hall–Kier alpha value is -2.99. The number of nitrogens with zero attached hydrogens (tertiary/aromatic N) is 1. The number of fused-ring (bicyclic) bond motifs is 3. The minimum atomic E-state index is -0.913. The van der Waals surface area contributed by atoms with Crippen molar-refractivity contribution in [2.75, 3.05) is 0 Å². The number of hydrogen-bond acceptors (Lipinski definition) is 3. The van der Waals surface area contributed by atoms with Gasteiger partial charge in [-0.25, -0.2) is 9.18 Å². The van der Waals surface area contributed by atoms with Gasteiger partial charge >= 0.3 is 5.97 Å². The number of benzene rings is 1. The number of halogens is 1. The number of nitrogens with two attached hydrogens (primary N) is 1. The highest BCUT2D eigenvalue weighted by Gasteiger charge is 2.41. The monoisotopic (exact) mass is 363 g/mol. The topological polar surface area (TPSA) is 92.0 Å². The Morgan fingerprint density at radius 3 is 2.81 bits per heavy atom. The van der Waals surface area contributed by atoms with E-state index in [1.807, 2.05) is 18.3 Å². The third-order valence-electron chi connectivity index (χ3n) is 5.58. The number of H-pyrrole nitrogens is 1. The van der Waals surface area contributed by atoms with Gasteiger partial charge in [0.05, 0.1) is 17.0 Å². The molecule has 4 N–H and O–H groups in total. The first-order valence-corrected chi connectivity index (χ1v) is 9.01. The third-order valence-corrected chi connectivity index (χ3v) is 5.58. The van der Waals surface area contributed by atoms with Crippen LogP contribution in [0.5, 0.6) is 0 Å². The Balaban J connectivity index is 1.67. The summed E-state index contributed by atoms with van der Waals surface area (Å²) < 4.78 is 13.6. The molecule has 1 saturated carbocycles. The molecule has 5 rings (SSSR count). The summed E-state index contributed by atoms with van der Waals surface area (Å²) in [4.78, 5) is 19.8. The van der Waals surface area contributed by atoms with Crippen LogP contribution in [-0.2, 0) is 12.8 Å². The molecule has 1 fully saturated rings. The van der Waals surface area contributed by atoms with Crippen molar-refractivity contribution < 1.29 is 14.3 Å². The second-order valence-electron chi connectivity index (χ2n) is 7.32. The van der Waals surface area contributed by atoms with Crippen molar-refractivity contribution in [3.8, 4) is 22.5 Å². The number of aromatic nitrogens is 2. The van der Waals surface area contributed by atoms with Crippen molar-refractivity contribution in [1.29, 1.82) is 0 Å². The Morgan fingerprint density at radius 1 is 1.30 bits per heavy atom. The molecule has 5 nitrogen and oxygen atoms in total. The van der Waals surface area contributed by atoms with Crippen LogP contribution >= 0.6 is 0 Å². The van der Waals surface area contributed by atoms with E-state index in [1.54, 1.807) is 6.07 Å². The number of carbonyl (C=O) groups is 1. The van der Waals surface area contributed by atoms with Crippen molar-refractivity contribution >= 4 is 5.97 Å². The lowest BCUT2D eigenvalue weighted by Gasteiger charge is -2.17. The molecule has 2 aliphatic carbocycles. The highest BCUT2D eigenvalue weighted by molar-refractivity contribution is 5.95. The summed E-state index contributed by atoms with van der Waals surface area (Å²) >= 11 is 0. The van der Waals surface area contributed by atoms with Crippen LogP contribution in [0.3, 0.4) is 0 Å². The molecule has 0 aliphatic heterocycles. The summed E-state index contributed by atoms with van der Waals surface area (Å²) in [6.45, 7) is 0. The molecule has 6 heteroatoms.